The molecule has 0 aromatic heterocycles. The molecule has 0 aliphatic carbocycles. The molecular weight excluding hydrogens is 184 g/mol. The molecule has 0 aromatic rings. The van der Waals surface area contributed by atoms with E-state index in [1.54, 1.807) is 0 Å². The highest BCUT2D eigenvalue weighted by atomic mass is 32.2. The summed E-state index contributed by atoms with van der Waals surface area (Å²) in [6.45, 7) is 2.80. The molecule has 0 amide bonds. The summed E-state index contributed by atoms with van der Waals surface area (Å²) in [5, 5.41) is 11.6. The highest BCUT2D eigenvalue weighted by Gasteiger charge is 2.03. The second-order valence-electron chi connectivity index (χ2n) is 2.90. The van der Waals surface area contributed by atoms with Crippen LogP contribution in [0.15, 0.2) is 4.99 Å². The van der Waals surface area contributed by atoms with Gasteiger partial charge < -0.3 is 4.90 Å². The number of nitriles is 1. The molecule has 0 saturated carbocycles. The normalized spacial score (nSPS) is 14.0. The van der Waals surface area contributed by atoms with Gasteiger partial charge in [0, 0.05) is 6.04 Å². The molecule has 1 N–H and O–H groups in total. The van der Waals surface area contributed by atoms with Crippen LogP contribution in [0, 0.1) is 11.5 Å². The summed E-state index contributed by atoms with van der Waals surface area (Å²) < 4.78 is 0. The smallest absolute Gasteiger partial charge is 0.183 e. The minimum absolute atomic E-state index is 0.391. The zero-order valence-corrected chi connectivity index (χ0v) is 9.35. The molecule has 0 aliphatic rings. The van der Waals surface area contributed by atoms with Crippen molar-refractivity contribution < 1.29 is 0 Å². The molecule has 0 rings (SSSR count). The highest BCUT2D eigenvalue weighted by molar-refractivity contribution is 8.13. The fourth-order valence-corrected chi connectivity index (χ4v) is 0.933. The van der Waals surface area contributed by atoms with Crippen LogP contribution in [0.25, 0.3) is 0 Å². The summed E-state index contributed by atoms with van der Waals surface area (Å²) in [5.41, 5.74) is 0. The minimum atomic E-state index is 0.391. The van der Waals surface area contributed by atoms with Gasteiger partial charge in [0.05, 0.1) is 6.54 Å². The van der Waals surface area contributed by atoms with Gasteiger partial charge in [-0.3, -0.25) is 10.3 Å². The Morgan fingerprint density at radius 1 is 1.69 bits per heavy atom. The van der Waals surface area contributed by atoms with Crippen molar-refractivity contribution in [2.75, 3.05) is 26.9 Å². The number of nitrogens with one attached hydrogen (secondary N) is 1. The molecule has 0 saturated heterocycles. The molecule has 1 unspecified atom stereocenters. The first-order chi connectivity index (χ1) is 6.11. The van der Waals surface area contributed by atoms with E-state index in [0.717, 1.165) is 0 Å². The van der Waals surface area contributed by atoms with Crippen molar-refractivity contribution in [1.29, 1.82) is 5.26 Å². The summed E-state index contributed by atoms with van der Waals surface area (Å²) in [6.07, 6.45) is 3.75. The third kappa shape index (κ3) is 5.50. The van der Waals surface area contributed by atoms with Gasteiger partial charge in [0.15, 0.2) is 11.4 Å². The van der Waals surface area contributed by atoms with Crippen LogP contribution in [-0.2, 0) is 0 Å². The Labute approximate surface area is 84.0 Å². The summed E-state index contributed by atoms with van der Waals surface area (Å²) in [5.74, 6) is 0. The first-order valence-electron chi connectivity index (χ1n) is 4.01. The van der Waals surface area contributed by atoms with E-state index in [1.165, 1.54) is 11.8 Å². The maximum absolute atomic E-state index is 8.38. The zero-order valence-electron chi connectivity index (χ0n) is 8.53. The van der Waals surface area contributed by atoms with E-state index < -0.39 is 0 Å². The average Bonchev–Trinajstić information content (AvgIpc) is 2.11. The van der Waals surface area contributed by atoms with Crippen LogP contribution in [0.2, 0.25) is 0 Å². The first kappa shape index (κ1) is 12.3. The van der Waals surface area contributed by atoms with E-state index >= 15 is 0 Å². The van der Waals surface area contributed by atoms with Crippen molar-refractivity contribution in [1.82, 2.24) is 10.2 Å². The zero-order chi connectivity index (χ0) is 10.3. The Kier molecular flexibility index (Phi) is 6.37. The lowest BCUT2D eigenvalue weighted by Gasteiger charge is -2.17. The topological polar surface area (TPSA) is 51.4 Å². The molecule has 0 aromatic carbocycles. The van der Waals surface area contributed by atoms with Crippen LogP contribution < -0.4 is 5.32 Å². The molecule has 5 heteroatoms. The molecule has 0 radical (unpaired) electrons. The van der Waals surface area contributed by atoms with Gasteiger partial charge in [0.1, 0.15) is 0 Å². The van der Waals surface area contributed by atoms with Crippen LogP contribution in [0.3, 0.4) is 0 Å². The average molecular weight is 200 g/mol. The second kappa shape index (κ2) is 6.75. The van der Waals surface area contributed by atoms with Crippen molar-refractivity contribution in [2.45, 2.75) is 13.0 Å². The van der Waals surface area contributed by atoms with Crippen molar-refractivity contribution in [3.63, 3.8) is 0 Å². The van der Waals surface area contributed by atoms with Crippen LogP contribution in [0.5, 0.6) is 0 Å². The third-order valence-electron chi connectivity index (χ3n) is 1.74. The molecule has 0 bridgehead atoms. The molecule has 13 heavy (non-hydrogen) atoms. The van der Waals surface area contributed by atoms with Gasteiger partial charge in [-0.15, -0.1) is 0 Å². The molecule has 0 fully saturated rings. The lowest BCUT2D eigenvalue weighted by atomic mass is 10.3. The van der Waals surface area contributed by atoms with Crippen LogP contribution in [0.1, 0.15) is 6.92 Å². The fourth-order valence-electron chi connectivity index (χ4n) is 0.581. The summed E-state index contributed by atoms with van der Waals surface area (Å²) in [7, 11) is 4.02. The van der Waals surface area contributed by atoms with Gasteiger partial charge in [-0.1, -0.05) is 11.8 Å². The Hall–Kier alpha value is -0.730. The predicted molar refractivity (Wildman–Crippen MR) is 57.7 cm³/mol. The Balaban J connectivity index is 3.99. The van der Waals surface area contributed by atoms with Crippen molar-refractivity contribution in [3.8, 4) is 6.19 Å². The van der Waals surface area contributed by atoms with Gasteiger partial charge in [0.25, 0.3) is 0 Å². The largest absolute Gasteiger partial charge is 0.305 e. The Bertz CT molecular complexity index is 207. The standard InChI is InChI=1S/C8H16N4S/c1-7(12(2)3)5-10-8(13-4)11-6-9/h7H,5H2,1-4H3,(H,10,11). The molecule has 74 valence electrons. The number of aliphatic imine (C=N–C) groups is 1. The van der Waals surface area contributed by atoms with E-state index in [-0.39, 0.29) is 0 Å². The molecule has 0 spiro atoms. The fraction of sp³-hybridized carbons (Fsp3) is 0.750. The number of rotatable bonds is 3. The first-order valence-corrected chi connectivity index (χ1v) is 5.24. The lowest BCUT2D eigenvalue weighted by Crippen LogP contribution is -2.28. The number of likely N-dealkylation sites (N-methyl/N-ethyl adjacent to an activating group) is 1. The molecular formula is C8H16N4S. The Morgan fingerprint density at radius 3 is 2.69 bits per heavy atom. The van der Waals surface area contributed by atoms with Crippen LogP contribution in [-0.4, -0.2) is 43.0 Å². The van der Waals surface area contributed by atoms with Crippen molar-refractivity contribution in [2.24, 2.45) is 4.99 Å². The van der Waals surface area contributed by atoms with E-state index in [0.29, 0.717) is 17.8 Å². The SMILES string of the molecule is CSC(=NCC(C)N(C)C)NC#N. The van der Waals surface area contributed by atoms with Gasteiger partial charge >= 0.3 is 0 Å². The minimum Gasteiger partial charge on any atom is -0.305 e. The summed E-state index contributed by atoms with van der Waals surface area (Å²) in [6, 6.07) is 0.391. The number of amidine groups is 1. The molecule has 0 heterocycles. The predicted octanol–water partition coefficient (Wildman–Crippen LogP) is 0.726. The van der Waals surface area contributed by atoms with E-state index in [9.17, 15) is 0 Å². The van der Waals surface area contributed by atoms with Crippen LogP contribution in [0.4, 0.5) is 0 Å². The number of hydrogen-bond donors (Lipinski definition) is 1. The lowest BCUT2D eigenvalue weighted by molar-refractivity contribution is 0.321. The van der Waals surface area contributed by atoms with Crippen LogP contribution >= 0.6 is 11.8 Å². The number of nitrogens with zero attached hydrogens (tertiary/aromatic N) is 3. The van der Waals surface area contributed by atoms with Crippen molar-refractivity contribution >= 4 is 16.9 Å². The maximum atomic E-state index is 8.38. The van der Waals surface area contributed by atoms with Gasteiger partial charge in [0.2, 0.25) is 0 Å². The quantitative estimate of drug-likeness (QED) is 0.316. The number of thioether (sulfide) groups is 1. The summed E-state index contributed by atoms with van der Waals surface area (Å²) >= 11 is 1.45. The molecule has 0 aliphatic heterocycles. The highest BCUT2D eigenvalue weighted by Crippen LogP contribution is 1.97. The monoisotopic (exact) mass is 200 g/mol. The van der Waals surface area contributed by atoms with E-state index in [1.807, 2.05) is 26.5 Å². The molecule has 1 atom stereocenters. The Morgan fingerprint density at radius 2 is 2.31 bits per heavy atom. The maximum Gasteiger partial charge on any atom is 0.183 e. The van der Waals surface area contributed by atoms with Gasteiger partial charge in [-0.25, -0.2) is 0 Å². The molecule has 4 nitrogen and oxygen atoms in total. The summed E-state index contributed by atoms with van der Waals surface area (Å²) in [4.78, 5) is 6.35. The number of hydrogen-bond acceptors (Lipinski definition) is 4. The van der Waals surface area contributed by atoms with Gasteiger partial charge in [-0.2, -0.15) is 5.26 Å². The third-order valence-corrected chi connectivity index (χ3v) is 2.35. The van der Waals surface area contributed by atoms with Gasteiger partial charge in [-0.05, 0) is 27.3 Å². The second-order valence-corrected chi connectivity index (χ2v) is 3.69. The van der Waals surface area contributed by atoms with E-state index in [2.05, 4.69) is 22.1 Å². The van der Waals surface area contributed by atoms with Crippen molar-refractivity contribution in [3.05, 3.63) is 0 Å². The van der Waals surface area contributed by atoms with E-state index in [4.69, 9.17) is 5.26 Å².